The summed E-state index contributed by atoms with van der Waals surface area (Å²) in [6, 6.07) is 9.55. The van der Waals surface area contributed by atoms with E-state index in [1.807, 2.05) is 0 Å². The average molecular weight is 387 g/mol. The molecule has 0 bridgehead atoms. The fraction of sp³-hybridized carbons (Fsp3) is 0.294. The third-order valence-corrected chi connectivity index (χ3v) is 3.91. The highest BCUT2D eigenvalue weighted by molar-refractivity contribution is 5.99. The van der Waals surface area contributed by atoms with Crippen molar-refractivity contribution in [3.05, 3.63) is 54.0 Å². The van der Waals surface area contributed by atoms with Crippen LogP contribution >= 0.6 is 24.8 Å². The zero-order valence-electron chi connectivity index (χ0n) is 13.4. The van der Waals surface area contributed by atoms with Gasteiger partial charge in [0.05, 0.1) is 11.3 Å². The molecule has 1 unspecified atom stereocenters. The third kappa shape index (κ3) is 5.56. The van der Waals surface area contributed by atoms with E-state index in [0.29, 0.717) is 23.8 Å². The normalized spacial score (nSPS) is 13.8. The molecule has 5 nitrogen and oxygen atoms in total. The maximum Gasteiger partial charge on any atom is 0.255 e. The van der Waals surface area contributed by atoms with Crippen LogP contribution in [0.2, 0.25) is 0 Å². The zero-order valence-corrected chi connectivity index (χ0v) is 15.1. The van der Waals surface area contributed by atoms with Crippen molar-refractivity contribution in [2.24, 2.45) is 11.7 Å². The lowest BCUT2D eigenvalue weighted by Gasteiger charge is -2.14. The first kappa shape index (κ1) is 21.2. The lowest BCUT2D eigenvalue weighted by atomic mass is 10.2. The van der Waals surface area contributed by atoms with E-state index in [-0.39, 0.29) is 42.5 Å². The minimum atomic E-state index is -0.403. The predicted molar refractivity (Wildman–Crippen MR) is 101 cm³/mol. The topological polar surface area (TPSA) is 80.0 Å². The highest BCUT2D eigenvalue weighted by Gasteiger charge is 2.28. The molecular formula is C17H21Cl2FN4O. The summed E-state index contributed by atoms with van der Waals surface area (Å²) in [6.45, 7) is 0.428. The molecule has 3 rings (SSSR count). The molecule has 1 aromatic heterocycles. The maximum absolute atomic E-state index is 13.8. The van der Waals surface area contributed by atoms with E-state index in [0.717, 1.165) is 12.8 Å². The van der Waals surface area contributed by atoms with Crippen LogP contribution in [0.5, 0.6) is 0 Å². The van der Waals surface area contributed by atoms with Gasteiger partial charge in [-0.15, -0.1) is 24.8 Å². The summed E-state index contributed by atoms with van der Waals surface area (Å²) in [5.74, 6) is 0.156. The van der Waals surface area contributed by atoms with E-state index in [4.69, 9.17) is 5.73 Å². The van der Waals surface area contributed by atoms with E-state index >= 15 is 0 Å². The molecule has 1 atom stereocenters. The van der Waals surface area contributed by atoms with Crippen LogP contribution in [-0.4, -0.2) is 23.5 Å². The Morgan fingerprint density at radius 2 is 1.96 bits per heavy atom. The van der Waals surface area contributed by atoms with Crippen LogP contribution in [0.1, 0.15) is 23.2 Å². The summed E-state index contributed by atoms with van der Waals surface area (Å²) in [5.41, 5.74) is 6.62. The van der Waals surface area contributed by atoms with Crippen LogP contribution in [0.3, 0.4) is 0 Å². The van der Waals surface area contributed by atoms with Gasteiger partial charge in [-0.1, -0.05) is 12.1 Å². The molecule has 2 aromatic rings. The van der Waals surface area contributed by atoms with Crippen LogP contribution in [0.15, 0.2) is 42.6 Å². The van der Waals surface area contributed by atoms with Gasteiger partial charge < -0.3 is 16.4 Å². The van der Waals surface area contributed by atoms with Crippen LogP contribution < -0.4 is 16.4 Å². The lowest BCUT2D eigenvalue weighted by molar-refractivity contribution is 0.0951. The van der Waals surface area contributed by atoms with Crippen molar-refractivity contribution in [2.75, 3.05) is 11.9 Å². The Bertz CT molecular complexity index is 713. The molecule has 1 aliphatic rings. The van der Waals surface area contributed by atoms with E-state index < -0.39 is 5.82 Å². The second-order valence-electron chi connectivity index (χ2n) is 5.72. The molecule has 25 heavy (non-hydrogen) atoms. The van der Waals surface area contributed by atoms with Gasteiger partial charge in [-0.2, -0.15) is 0 Å². The van der Waals surface area contributed by atoms with Gasteiger partial charge in [0.25, 0.3) is 5.91 Å². The third-order valence-electron chi connectivity index (χ3n) is 3.91. The van der Waals surface area contributed by atoms with Gasteiger partial charge in [-0.25, -0.2) is 9.37 Å². The van der Waals surface area contributed by atoms with Gasteiger partial charge in [-0.05, 0) is 43.0 Å². The number of carbonyl (C=O) groups is 1. The summed E-state index contributed by atoms with van der Waals surface area (Å²) < 4.78 is 13.8. The number of anilines is 2. The fourth-order valence-corrected chi connectivity index (χ4v) is 2.38. The fourth-order valence-electron chi connectivity index (χ4n) is 2.38. The SMILES string of the molecule is Cl.Cl.NC(CNC(=O)c1cccnc1Nc1ccccc1F)C1CC1. The Labute approximate surface area is 158 Å². The molecular weight excluding hydrogens is 366 g/mol. The summed E-state index contributed by atoms with van der Waals surface area (Å²) in [6.07, 6.45) is 3.81. The molecule has 1 saturated carbocycles. The molecule has 0 radical (unpaired) electrons. The van der Waals surface area contributed by atoms with Crippen molar-refractivity contribution in [1.82, 2.24) is 10.3 Å². The van der Waals surface area contributed by atoms with Crippen molar-refractivity contribution < 1.29 is 9.18 Å². The predicted octanol–water partition coefficient (Wildman–Crippen LogP) is 3.28. The Balaban J connectivity index is 0.00000156. The number of amides is 1. The molecule has 1 aromatic carbocycles. The molecule has 0 saturated heterocycles. The van der Waals surface area contributed by atoms with Gasteiger partial charge in [0.15, 0.2) is 0 Å². The highest BCUT2D eigenvalue weighted by Crippen LogP contribution is 2.31. The number of aromatic nitrogens is 1. The first-order valence-corrected chi connectivity index (χ1v) is 7.65. The van der Waals surface area contributed by atoms with E-state index in [9.17, 15) is 9.18 Å². The number of nitrogens with one attached hydrogen (secondary N) is 2. The van der Waals surface area contributed by atoms with Crippen LogP contribution in [-0.2, 0) is 0 Å². The monoisotopic (exact) mass is 386 g/mol. The Kier molecular flexibility index (Phi) is 8.09. The lowest BCUT2D eigenvalue weighted by Crippen LogP contribution is -2.38. The molecule has 1 fully saturated rings. The molecule has 0 aliphatic heterocycles. The minimum Gasteiger partial charge on any atom is -0.350 e. The number of nitrogens with two attached hydrogens (primary N) is 1. The second-order valence-corrected chi connectivity index (χ2v) is 5.72. The van der Waals surface area contributed by atoms with Crippen molar-refractivity contribution in [2.45, 2.75) is 18.9 Å². The summed E-state index contributed by atoms with van der Waals surface area (Å²) >= 11 is 0. The van der Waals surface area contributed by atoms with Gasteiger partial charge in [0, 0.05) is 18.8 Å². The van der Waals surface area contributed by atoms with Gasteiger partial charge in [0.1, 0.15) is 11.6 Å². The Hall–Kier alpha value is -1.89. The van der Waals surface area contributed by atoms with E-state index in [1.165, 1.54) is 6.07 Å². The van der Waals surface area contributed by atoms with Gasteiger partial charge in [0.2, 0.25) is 0 Å². The second kappa shape index (κ2) is 9.56. The molecule has 8 heteroatoms. The number of rotatable bonds is 6. The van der Waals surface area contributed by atoms with Crippen molar-refractivity contribution in [3.63, 3.8) is 0 Å². The number of hydrogen-bond acceptors (Lipinski definition) is 4. The number of halogens is 3. The van der Waals surface area contributed by atoms with Crippen molar-refractivity contribution >= 4 is 42.2 Å². The number of pyridine rings is 1. The number of benzene rings is 1. The van der Waals surface area contributed by atoms with Gasteiger partial charge >= 0.3 is 0 Å². The molecule has 1 heterocycles. The molecule has 0 spiro atoms. The first-order chi connectivity index (χ1) is 11.1. The minimum absolute atomic E-state index is 0. The Morgan fingerprint density at radius 1 is 1.24 bits per heavy atom. The molecule has 4 N–H and O–H groups in total. The summed E-state index contributed by atoms with van der Waals surface area (Å²) in [7, 11) is 0. The largest absolute Gasteiger partial charge is 0.350 e. The average Bonchev–Trinajstić information content (AvgIpc) is 3.40. The number of carbonyl (C=O) groups excluding carboxylic acids is 1. The standard InChI is InChI=1S/C17H19FN4O.2ClH/c18-13-5-1-2-6-15(13)22-16-12(4-3-9-20-16)17(23)21-10-14(19)11-7-8-11;;/h1-6,9,11,14H,7-8,10,19H2,(H,20,22)(H,21,23);2*1H. The number of para-hydroxylation sites is 1. The van der Waals surface area contributed by atoms with Crippen molar-refractivity contribution in [3.8, 4) is 0 Å². The molecule has 1 amide bonds. The number of nitrogens with zero attached hydrogens (tertiary/aromatic N) is 1. The van der Waals surface area contributed by atoms with E-state index in [2.05, 4.69) is 15.6 Å². The highest BCUT2D eigenvalue weighted by atomic mass is 35.5. The smallest absolute Gasteiger partial charge is 0.255 e. The van der Waals surface area contributed by atoms with Crippen molar-refractivity contribution in [1.29, 1.82) is 0 Å². The summed E-state index contributed by atoms with van der Waals surface area (Å²) in [4.78, 5) is 16.5. The number of hydrogen-bond donors (Lipinski definition) is 3. The molecule has 136 valence electrons. The molecule has 1 aliphatic carbocycles. The van der Waals surface area contributed by atoms with Crippen LogP contribution in [0.25, 0.3) is 0 Å². The van der Waals surface area contributed by atoms with E-state index in [1.54, 1.807) is 36.5 Å². The van der Waals surface area contributed by atoms with Crippen LogP contribution in [0.4, 0.5) is 15.9 Å². The zero-order chi connectivity index (χ0) is 16.2. The van der Waals surface area contributed by atoms with Gasteiger partial charge in [-0.3, -0.25) is 4.79 Å². The summed E-state index contributed by atoms with van der Waals surface area (Å²) in [5, 5.41) is 5.69. The maximum atomic E-state index is 13.8. The first-order valence-electron chi connectivity index (χ1n) is 7.65. The van der Waals surface area contributed by atoms with Crippen LogP contribution in [0, 0.1) is 11.7 Å². The Morgan fingerprint density at radius 3 is 2.64 bits per heavy atom. The quantitative estimate of drug-likeness (QED) is 0.711.